The van der Waals surface area contributed by atoms with Gasteiger partial charge >= 0.3 is 6.03 Å². The number of nitrogens with one attached hydrogen (secondary N) is 2. The molecule has 1 saturated heterocycles. The standard InChI is InChI=1S/C18H28N4O3/c1-4-14(2)19-18(24)20-17(23)13-21-9-11-22(12-10-21)15-7-5-6-8-16(15)25-3/h5-8,14H,4,9-13H2,1-3H3,(H2,19,20,23,24)/t14-/m1/s1. The van der Waals surface area contributed by atoms with Crippen molar-refractivity contribution in [1.29, 1.82) is 0 Å². The number of piperazine rings is 1. The van der Waals surface area contributed by atoms with E-state index in [1.807, 2.05) is 38.1 Å². The van der Waals surface area contributed by atoms with Gasteiger partial charge in [-0.1, -0.05) is 19.1 Å². The Morgan fingerprint density at radius 3 is 2.52 bits per heavy atom. The molecule has 7 heteroatoms. The number of carbonyl (C=O) groups excluding carboxylic acids is 2. The van der Waals surface area contributed by atoms with Gasteiger partial charge in [-0.3, -0.25) is 15.0 Å². The second-order valence-corrected chi connectivity index (χ2v) is 6.27. The van der Waals surface area contributed by atoms with Crippen LogP contribution in [0.15, 0.2) is 24.3 Å². The minimum absolute atomic E-state index is 0.0530. The van der Waals surface area contributed by atoms with Crippen LogP contribution in [0.3, 0.4) is 0 Å². The quantitative estimate of drug-likeness (QED) is 0.814. The summed E-state index contributed by atoms with van der Waals surface area (Å²) < 4.78 is 5.41. The topological polar surface area (TPSA) is 73.9 Å². The highest BCUT2D eigenvalue weighted by molar-refractivity contribution is 5.95. The van der Waals surface area contributed by atoms with E-state index in [9.17, 15) is 9.59 Å². The van der Waals surface area contributed by atoms with E-state index >= 15 is 0 Å². The highest BCUT2D eigenvalue weighted by atomic mass is 16.5. The van der Waals surface area contributed by atoms with Crippen LogP contribution in [0.2, 0.25) is 0 Å². The molecule has 1 fully saturated rings. The Hall–Kier alpha value is -2.28. The fourth-order valence-corrected chi connectivity index (χ4v) is 2.77. The molecule has 0 spiro atoms. The molecule has 25 heavy (non-hydrogen) atoms. The number of para-hydroxylation sites is 2. The minimum atomic E-state index is -0.424. The van der Waals surface area contributed by atoms with Crippen LogP contribution in [0.5, 0.6) is 5.75 Å². The molecule has 3 amide bonds. The molecule has 0 saturated carbocycles. The molecule has 1 atom stereocenters. The van der Waals surface area contributed by atoms with Gasteiger partial charge in [-0.15, -0.1) is 0 Å². The molecule has 1 aliphatic heterocycles. The number of carbonyl (C=O) groups is 2. The van der Waals surface area contributed by atoms with Crippen LogP contribution >= 0.6 is 0 Å². The van der Waals surface area contributed by atoms with Crippen molar-refractivity contribution in [3.05, 3.63) is 24.3 Å². The van der Waals surface area contributed by atoms with Gasteiger partial charge in [0.2, 0.25) is 5.91 Å². The molecule has 0 bridgehead atoms. The summed E-state index contributed by atoms with van der Waals surface area (Å²) in [5, 5.41) is 5.12. The van der Waals surface area contributed by atoms with Crippen molar-refractivity contribution < 1.29 is 14.3 Å². The molecule has 1 aliphatic rings. The predicted octanol–water partition coefficient (Wildman–Crippen LogP) is 1.44. The fraction of sp³-hybridized carbons (Fsp3) is 0.556. The smallest absolute Gasteiger partial charge is 0.321 e. The average molecular weight is 348 g/mol. The van der Waals surface area contributed by atoms with Crippen molar-refractivity contribution >= 4 is 17.6 Å². The zero-order valence-corrected chi connectivity index (χ0v) is 15.2. The van der Waals surface area contributed by atoms with Crippen LogP contribution in [-0.4, -0.2) is 62.7 Å². The number of imide groups is 1. The maximum Gasteiger partial charge on any atom is 0.321 e. The van der Waals surface area contributed by atoms with Crippen LogP contribution < -0.4 is 20.3 Å². The van der Waals surface area contributed by atoms with Crippen molar-refractivity contribution in [2.45, 2.75) is 26.3 Å². The number of hydrogen-bond donors (Lipinski definition) is 2. The summed E-state index contributed by atoms with van der Waals surface area (Å²) in [5.41, 5.74) is 1.07. The van der Waals surface area contributed by atoms with Gasteiger partial charge in [0.05, 0.1) is 19.3 Å². The molecule has 1 aromatic rings. The molecule has 138 valence electrons. The Labute approximate surface area is 149 Å². The number of anilines is 1. The maximum atomic E-state index is 12.0. The summed E-state index contributed by atoms with van der Waals surface area (Å²) in [6.07, 6.45) is 0.826. The largest absolute Gasteiger partial charge is 0.495 e. The molecule has 0 aliphatic carbocycles. The van der Waals surface area contributed by atoms with E-state index in [4.69, 9.17) is 4.74 Å². The summed E-state index contributed by atoms with van der Waals surface area (Å²) in [4.78, 5) is 28.0. The molecular formula is C18H28N4O3. The van der Waals surface area contributed by atoms with E-state index in [1.165, 1.54) is 0 Å². The van der Waals surface area contributed by atoms with Crippen molar-refractivity contribution in [3.8, 4) is 5.75 Å². The second kappa shape index (κ2) is 9.27. The lowest BCUT2D eigenvalue weighted by atomic mass is 10.2. The third kappa shape index (κ3) is 5.63. The van der Waals surface area contributed by atoms with Crippen LogP contribution in [-0.2, 0) is 4.79 Å². The second-order valence-electron chi connectivity index (χ2n) is 6.27. The third-order valence-corrected chi connectivity index (χ3v) is 4.41. The lowest BCUT2D eigenvalue weighted by Gasteiger charge is -2.36. The van der Waals surface area contributed by atoms with Gasteiger partial charge in [0.25, 0.3) is 0 Å². The number of ether oxygens (including phenoxy) is 1. The Morgan fingerprint density at radius 2 is 1.88 bits per heavy atom. The fourth-order valence-electron chi connectivity index (χ4n) is 2.77. The lowest BCUT2D eigenvalue weighted by molar-refractivity contribution is -0.121. The molecular weight excluding hydrogens is 320 g/mol. The molecule has 1 heterocycles. The summed E-state index contributed by atoms with van der Waals surface area (Å²) >= 11 is 0. The van der Waals surface area contributed by atoms with E-state index < -0.39 is 6.03 Å². The van der Waals surface area contributed by atoms with Crippen LogP contribution in [0.1, 0.15) is 20.3 Å². The summed E-state index contributed by atoms with van der Waals surface area (Å²) in [7, 11) is 1.67. The number of methoxy groups -OCH3 is 1. The zero-order chi connectivity index (χ0) is 18.2. The van der Waals surface area contributed by atoms with Crippen molar-refractivity contribution in [2.75, 3.05) is 44.7 Å². The lowest BCUT2D eigenvalue weighted by Crippen LogP contribution is -2.51. The van der Waals surface area contributed by atoms with E-state index in [1.54, 1.807) is 7.11 Å². The van der Waals surface area contributed by atoms with Crippen molar-refractivity contribution in [1.82, 2.24) is 15.5 Å². The molecule has 7 nitrogen and oxygen atoms in total. The average Bonchev–Trinajstić information content (AvgIpc) is 2.62. The first kappa shape index (κ1) is 19.1. The minimum Gasteiger partial charge on any atom is -0.495 e. The van der Waals surface area contributed by atoms with E-state index in [0.29, 0.717) is 0 Å². The third-order valence-electron chi connectivity index (χ3n) is 4.41. The number of hydrogen-bond acceptors (Lipinski definition) is 5. The molecule has 0 radical (unpaired) electrons. The van der Waals surface area contributed by atoms with Crippen molar-refractivity contribution in [2.24, 2.45) is 0 Å². The molecule has 0 aromatic heterocycles. The monoisotopic (exact) mass is 348 g/mol. The van der Waals surface area contributed by atoms with Gasteiger partial charge < -0.3 is 15.0 Å². The van der Waals surface area contributed by atoms with Gasteiger partial charge in [-0.05, 0) is 25.5 Å². The van der Waals surface area contributed by atoms with Crippen molar-refractivity contribution in [3.63, 3.8) is 0 Å². The van der Waals surface area contributed by atoms with Gasteiger partial charge in [0.1, 0.15) is 5.75 Å². The molecule has 0 unspecified atom stereocenters. The Bertz CT molecular complexity index is 585. The SMILES string of the molecule is CC[C@@H](C)NC(=O)NC(=O)CN1CCN(c2ccccc2OC)CC1. The number of urea groups is 1. The number of nitrogens with zero attached hydrogens (tertiary/aromatic N) is 2. The first-order chi connectivity index (χ1) is 12.0. The molecule has 2 N–H and O–H groups in total. The van der Waals surface area contributed by atoms with Gasteiger partial charge in [-0.25, -0.2) is 4.79 Å². The first-order valence-electron chi connectivity index (χ1n) is 8.74. The Kier molecular flexibility index (Phi) is 7.06. The highest BCUT2D eigenvalue weighted by Gasteiger charge is 2.21. The van der Waals surface area contributed by atoms with Crippen LogP contribution in [0, 0.1) is 0 Å². The first-order valence-corrected chi connectivity index (χ1v) is 8.74. The zero-order valence-electron chi connectivity index (χ0n) is 15.2. The molecule has 2 rings (SSSR count). The van der Waals surface area contributed by atoms with E-state index in [-0.39, 0.29) is 18.5 Å². The number of rotatable bonds is 6. The Balaban J connectivity index is 1.78. The van der Waals surface area contributed by atoms with Gasteiger partial charge in [0.15, 0.2) is 0 Å². The Morgan fingerprint density at radius 1 is 1.20 bits per heavy atom. The number of benzene rings is 1. The summed E-state index contributed by atoms with van der Waals surface area (Å²) in [6.45, 7) is 7.26. The predicted molar refractivity (Wildman–Crippen MR) is 98.1 cm³/mol. The summed E-state index contributed by atoms with van der Waals surface area (Å²) in [5.74, 6) is 0.585. The van der Waals surface area contributed by atoms with Gasteiger partial charge in [0, 0.05) is 32.2 Å². The van der Waals surface area contributed by atoms with E-state index in [0.717, 1.165) is 44.0 Å². The normalized spacial score (nSPS) is 16.2. The summed E-state index contributed by atoms with van der Waals surface area (Å²) in [6, 6.07) is 7.57. The van der Waals surface area contributed by atoms with Crippen LogP contribution in [0.25, 0.3) is 0 Å². The van der Waals surface area contributed by atoms with Gasteiger partial charge in [-0.2, -0.15) is 0 Å². The number of amides is 3. The highest BCUT2D eigenvalue weighted by Crippen LogP contribution is 2.28. The maximum absolute atomic E-state index is 12.0. The molecule has 1 aromatic carbocycles. The van der Waals surface area contributed by atoms with E-state index in [2.05, 4.69) is 20.4 Å². The van der Waals surface area contributed by atoms with Crippen LogP contribution in [0.4, 0.5) is 10.5 Å².